The number of aliphatic hydroxyl groups is 1. The van der Waals surface area contributed by atoms with Gasteiger partial charge in [-0.3, -0.25) is 0 Å². The van der Waals surface area contributed by atoms with E-state index in [-0.39, 0.29) is 12.6 Å². The molecule has 1 aliphatic carbocycles. The van der Waals surface area contributed by atoms with Crippen molar-refractivity contribution >= 4 is 10.0 Å². The van der Waals surface area contributed by atoms with Crippen molar-refractivity contribution in [2.24, 2.45) is 0 Å². The zero-order chi connectivity index (χ0) is 14.3. The molecule has 1 atom stereocenters. The van der Waals surface area contributed by atoms with Gasteiger partial charge in [-0.25, -0.2) is 8.42 Å². The van der Waals surface area contributed by atoms with Gasteiger partial charge in [0.05, 0.1) is 6.61 Å². The van der Waals surface area contributed by atoms with Gasteiger partial charge in [0.2, 0.25) is 10.0 Å². The predicted molar refractivity (Wildman–Crippen MR) is 75.8 cm³/mol. The fourth-order valence-electron chi connectivity index (χ4n) is 3.13. The lowest BCUT2D eigenvalue weighted by Crippen LogP contribution is -2.34. The van der Waals surface area contributed by atoms with E-state index in [0.717, 1.165) is 32.1 Å². The lowest BCUT2D eigenvalue weighted by atomic mass is 10.2. The highest BCUT2D eigenvalue weighted by molar-refractivity contribution is 7.89. The van der Waals surface area contributed by atoms with Gasteiger partial charge in [0.25, 0.3) is 0 Å². The Kier molecular flexibility index (Phi) is 3.64. The summed E-state index contributed by atoms with van der Waals surface area (Å²) in [6.07, 6.45) is 6.60. The maximum Gasteiger partial charge on any atom is 0.244 e. The zero-order valence-corrected chi connectivity index (χ0v) is 12.6. The van der Waals surface area contributed by atoms with Crippen LogP contribution in [0, 0.1) is 0 Å². The fraction of sp³-hybridized carbons (Fsp3) is 0.714. The van der Waals surface area contributed by atoms with Crippen molar-refractivity contribution in [1.82, 2.24) is 8.87 Å². The quantitative estimate of drug-likeness (QED) is 0.903. The van der Waals surface area contributed by atoms with Gasteiger partial charge in [0.15, 0.2) is 0 Å². The van der Waals surface area contributed by atoms with Crippen LogP contribution < -0.4 is 0 Å². The van der Waals surface area contributed by atoms with Crippen LogP contribution in [0.3, 0.4) is 0 Å². The summed E-state index contributed by atoms with van der Waals surface area (Å²) in [6.45, 7) is 2.54. The highest BCUT2D eigenvalue weighted by atomic mass is 32.2. The Hall–Kier alpha value is -0.850. The van der Waals surface area contributed by atoms with Crippen LogP contribution in [-0.2, 0) is 16.6 Å². The monoisotopic (exact) mass is 298 g/mol. The summed E-state index contributed by atoms with van der Waals surface area (Å²) in [6, 6.07) is 2.14. The first-order valence-electron chi connectivity index (χ1n) is 7.41. The third-order valence-corrected chi connectivity index (χ3v) is 6.33. The maximum absolute atomic E-state index is 12.8. The lowest BCUT2D eigenvalue weighted by Gasteiger charge is -2.22. The van der Waals surface area contributed by atoms with Crippen LogP contribution in [-0.4, -0.2) is 35.0 Å². The molecular weight excluding hydrogens is 276 g/mol. The van der Waals surface area contributed by atoms with E-state index in [1.807, 2.05) is 11.5 Å². The molecule has 1 aromatic rings. The van der Waals surface area contributed by atoms with Gasteiger partial charge < -0.3 is 9.67 Å². The van der Waals surface area contributed by atoms with Crippen molar-refractivity contribution in [2.75, 3.05) is 6.54 Å². The SMILES string of the molecule is CCC1CCCN1S(=O)(=O)c1cc(CO)n(C2CC2)c1. The zero-order valence-electron chi connectivity index (χ0n) is 11.8. The molecule has 0 radical (unpaired) electrons. The van der Waals surface area contributed by atoms with E-state index in [1.54, 1.807) is 16.6 Å². The average molecular weight is 298 g/mol. The maximum atomic E-state index is 12.8. The predicted octanol–water partition coefficient (Wildman–Crippen LogP) is 1.88. The highest BCUT2D eigenvalue weighted by Crippen LogP contribution is 2.38. The molecule has 1 aliphatic heterocycles. The van der Waals surface area contributed by atoms with Crippen molar-refractivity contribution in [1.29, 1.82) is 0 Å². The van der Waals surface area contributed by atoms with Crippen LogP contribution in [0.5, 0.6) is 0 Å². The molecule has 20 heavy (non-hydrogen) atoms. The molecular formula is C14H22N2O3S. The first kappa shape index (κ1) is 14.1. The normalized spacial score (nSPS) is 24.4. The smallest absolute Gasteiger partial charge is 0.244 e. The van der Waals surface area contributed by atoms with E-state index >= 15 is 0 Å². The van der Waals surface area contributed by atoms with Gasteiger partial charge in [0, 0.05) is 30.5 Å². The Morgan fingerprint density at radius 1 is 1.35 bits per heavy atom. The number of aliphatic hydroxyl groups excluding tert-OH is 1. The Morgan fingerprint density at radius 2 is 2.10 bits per heavy atom. The summed E-state index contributed by atoms with van der Waals surface area (Å²) in [5.74, 6) is 0. The number of sulfonamides is 1. The van der Waals surface area contributed by atoms with Crippen molar-refractivity contribution in [3.05, 3.63) is 18.0 Å². The van der Waals surface area contributed by atoms with Crippen molar-refractivity contribution in [2.45, 2.75) is 62.6 Å². The van der Waals surface area contributed by atoms with Crippen LogP contribution in [0.25, 0.3) is 0 Å². The Morgan fingerprint density at radius 3 is 2.70 bits per heavy atom. The molecule has 1 N–H and O–H groups in total. The van der Waals surface area contributed by atoms with Crippen LogP contribution in [0.15, 0.2) is 17.2 Å². The Balaban J connectivity index is 1.94. The number of rotatable bonds is 5. The van der Waals surface area contributed by atoms with Gasteiger partial charge >= 0.3 is 0 Å². The first-order chi connectivity index (χ1) is 9.57. The third kappa shape index (κ3) is 2.29. The molecule has 0 bridgehead atoms. The van der Waals surface area contributed by atoms with Crippen molar-refractivity contribution < 1.29 is 13.5 Å². The minimum Gasteiger partial charge on any atom is -0.390 e. The molecule has 0 aromatic carbocycles. The number of hydrogen-bond acceptors (Lipinski definition) is 3. The third-order valence-electron chi connectivity index (χ3n) is 4.41. The summed E-state index contributed by atoms with van der Waals surface area (Å²) in [5.41, 5.74) is 0.707. The topological polar surface area (TPSA) is 62.5 Å². The molecule has 1 aromatic heterocycles. The second-order valence-corrected chi connectivity index (χ2v) is 7.67. The molecule has 1 unspecified atom stereocenters. The van der Waals surface area contributed by atoms with E-state index in [1.165, 1.54) is 0 Å². The summed E-state index contributed by atoms with van der Waals surface area (Å²) < 4.78 is 29.1. The van der Waals surface area contributed by atoms with Gasteiger partial charge in [-0.1, -0.05) is 6.92 Å². The van der Waals surface area contributed by atoms with Gasteiger partial charge in [-0.2, -0.15) is 4.31 Å². The van der Waals surface area contributed by atoms with Crippen LogP contribution in [0.4, 0.5) is 0 Å². The number of nitrogens with zero attached hydrogens (tertiary/aromatic N) is 2. The van der Waals surface area contributed by atoms with Crippen LogP contribution in [0.2, 0.25) is 0 Å². The van der Waals surface area contributed by atoms with E-state index in [9.17, 15) is 13.5 Å². The number of aromatic nitrogens is 1. The van der Waals surface area contributed by atoms with E-state index in [0.29, 0.717) is 23.2 Å². The van der Waals surface area contributed by atoms with Crippen molar-refractivity contribution in [3.8, 4) is 0 Å². The van der Waals surface area contributed by atoms with Gasteiger partial charge in [-0.05, 0) is 38.2 Å². The average Bonchev–Trinajstić information content (AvgIpc) is 3.01. The lowest BCUT2D eigenvalue weighted by molar-refractivity contribution is 0.270. The largest absolute Gasteiger partial charge is 0.390 e. The van der Waals surface area contributed by atoms with Crippen LogP contribution >= 0.6 is 0 Å². The second-order valence-electron chi connectivity index (χ2n) is 5.78. The Bertz CT molecular complexity index is 590. The molecule has 2 aliphatic rings. The highest BCUT2D eigenvalue weighted by Gasteiger charge is 2.36. The Labute approximate surface area is 120 Å². The summed E-state index contributed by atoms with van der Waals surface area (Å²) in [5, 5.41) is 9.41. The molecule has 1 saturated carbocycles. The molecule has 0 spiro atoms. The molecule has 2 heterocycles. The molecule has 0 amide bonds. The molecule has 5 nitrogen and oxygen atoms in total. The van der Waals surface area contributed by atoms with Gasteiger partial charge in [-0.15, -0.1) is 0 Å². The van der Waals surface area contributed by atoms with Crippen molar-refractivity contribution in [3.63, 3.8) is 0 Å². The minimum atomic E-state index is -3.42. The van der Waals surface area contributed by atoms with Crippen LogP contribution in [0.1, 0.15) is 50.8 Å². The molecule has 3 rings (SSSR count). The number of hydrogen-bond donors (Lipinski definition) is 1. The van der Waals surface area contributed by atoms with E-state index in [4.69, 9.17) is 0 Å². The minimum absolute atomic E-state index is 0.108. The fourth-order valence-corrected chi connectivity index (χ4v) is 4.94. The standard InChI is InChI=1S/C14H22N2O3S/c1-2-11-4-3-7-16(11)20(18,19)14-8-13(10-17)15(9-14)12-5-6-12/h8-9,11-12,17H,2-7,10H2,1H3. The summed E-state index contributed by atoms with van der Waals surface area (Å²) in [4.78, 5) is 0.341. The molecule has 2 fully saturated rings. The second kappa shape index (κ2) is 5.16. The van der Waals surface area contributed by atoms with E-state index in [2.05, 4.69) is 0 Å². The summed E-state index contributed by atoms with van der Waals surface area (Å²) in [7, 11) is -3.42. The van der Waals surface area contributed by atoms with Gasteiger partial charge in [0.1, 0.15) is 4.90 Å². The molecule has 112 valence electrons. The summed E-state index contributed by atoms with van der Waals surface area (Å²) >= 11 is 0. The molecule has 6 heteroatoms. The van der Waals surface area contributed by atoms with E-state index < -0.39 is 10.0 Å². The molecule has 1 saturated heterocycles. The first-order valence-corrected chi connectivity index (χ1v) is 8.85.